The predicted octanol–water partition coefficient (Wildman–Crippen LogP) is 2.37. The fourth-order valence-corrected chi connectivity index (χ4v) is 3.08. The van der Waals surface area contributed by atoms with Gasteiger partial charge in [-0.25, -0.2) is 0 Å². The largest absolute Gasteiger partial charge is 0.342 e. The van der Waals surface area contributed by atoms with Crippen LogP contribution in [-0.4, -0.2) is 39.6 Å². The molecule has 0 spiro atoms. The number of rotatable bonds is 6. The summed E-state index contributed by atoms with van der Waals surface area (Å²) in [5, 5.41) is 7.22. The molecule has 1 aliphatic rings. The number of benzene rings is 1. The third kappa shape index (κ3) is 4.47. The van der Waals surface area contributed by atoms with Crippen molar-refractivity contribution in [3.63, 3.8) is 0 Å². The molecule has 2 heterocycles. The Balaban J connectivity index is 1.56. The minimum Gasteiger partial charge on any atom is -0.342 e. The Morgan fingerprint density at radius 2 is 2.04 bits per heavy atom. The molecule has 3 rings (SSSR count). The lowest BCUT2D eigenvalue weighted by Crippen LogP contribution is -2.31. The summed E-state index contributed by atoms with van der Waals surface area (Å²) in [6.45, 7) is 5.99. The molecule has 1 aliphatic heterocycles. The lowest BCUT2D eigenvalue weighted by Gasteiger charge is -2.18. The molecule has 0 bridgehead atoms. The van der Waals surface area contributed by atoms with Crippen LogP contribution in [0.5, 0.6) is 0 Å². The number of hydrogen-bond acceptors (Lipinski definition) is 3. The van der Waals surface area contributed by atoms with Gasteiger partial charge in [0.15, 0.2) is 5.82 Å². The number of nitrogens with zero attached hydrogens (tertiary/aromatic N) is 3. The van der Waals surface area contributed by atoms with Crippen LogP contribution in [0.4, 0.5) is 5.82 Å². The van der Waals surface area contributed by atoms with Gasteiger partial charge in [-0.2, -0.15) is 5.10 Å². The summed E-state index contributed by atoms with van der Waals surface area (Å²) in [7, 11) is 0. The monoisotopic (exact) mass is 340 g/mol. The molecule has 0 saturated carbocycles. The van der Waals surface area contributed by atoms with E-state index in [-0.39, 0.29) is 24.2 Å². The molecule has 2 aromatic rings. The van der Waals surface area contributed by atoms with Gasteiger partial charge in [-0.3, -0.25) is 14.3 Å². The molecule has 1 aromatic carbocycles. The van der Waals surface area contributed by atoms with Gasteiger partial charge >= 0.3 is 0 Å². The van der Waals surface area contributed by atoms with Crippen LogP contribution in [0.25, 0.3) is 0 Å². The van der Waals surface area contributed by atoms with Gasteiger partial charge in [-0.1, -0.05) is 44.2 Å². The van der Waals surface area contributed by atoms with E-state index in [0.29, 0.717) is 31.4 Å². The van der Waals surface area contributed by atoms with Crippen LogP contribution in [0.3, 0.4) is 0 Å². The van der Waals surface area contributed by atoms with Gasteiger partial charge in [0.2, 0.25) is 11.8 Å². The molecule has 0 unspecified atom stereocenters. The summed E-state index contributed by atoms with van der Waals surface area (Å²) in [5.74, 6) is 0.550. The van der Waals surface area contributed by atoms with Crippen LogP contribution < -0.4 is 5.32 Å². The van der Waals surface area contributed by atoms with Crippen molar-refractivity contribution in [2.24, 2.45) is 11.8 Å². The van der Waals surface area contributed by atoms with Gasteiger partial charge < -0.3 is 10.2 Å². The van der Waals surface area contributed by atoms with E-state index in [9.17, 15) is 9.59 Å². The van der Waals surface area contributed by atoms with Gasteiger partial charge in [-0.05, 0) is 11.5 Å². The molecule has 6 heteroatoms. The van der Waals surface area contributed by atoms with E-state index in [1.807, 2.05) is 36.5 Å². The first-order valence-electron chi connectivity index (χ1n) is 8.67. The van der Waals surface area contributed by atoms with E-state index >= 15 is 0 Å². The molecule has 132 valence electrons. The normalized spacial score (nSPS) is 17.3. The molecular formula is C19H24N4O2. The average molecular weight is 340 g/mol. The lowest BCUT2D eigenvalue weighted by atomic mass is 10.1. The maximum absolute atomic E-state index is 12.4. The van der Waals surface area contributed by atoms with Crippen molar-refractivity contribution in [3.05, 3.63) is 48.2 Å². The standard InChI is InChI=1S/C19H24N4O2/c1-14(2)11-22-13-16(10-18(22)24)19(25)20-17-8-9-23(21-17)12-15-6-4-3-5-7-15/h3-9,14,16H,10-13H2,1-2H3,(H,20,21,25)/t16-/m0/s1. The molecule has 1 atom stereocenters. The molecule has 2 amide bonds. The Labute approximate surface area is 147 Å². The number of hydrogen-bond donors (Lipinski definition) is 1. The van der Waals surface area contributed by atoms with Crippen molar-refractivity contribution in [2.45, 2.75) is 26.8 Å². The number of likely N-dealkylation sites (tertiary alicyclic amines) is 1. The highest BCUT2D eigenvalue weighted by Crippen LogP contribution is 2.20. The lowest BCUT2D eigenvalue weighted by molar-refractivity contribution is -0.128. The Bertz CT molecular complexity index is 739. The zero-order valence-corrected chi connectivity index (χ0v) is 14.7. The maximum atomic E-state index is 12.4. The average Bonchev–Trinajstić information content (AvgIpc) is 3.15. The fraction of sp³-hybridized carbons (Fsp3) is 0.421. The van der Waals surface area contributed by atoms with Crippen LogP contribution >= 0.6 is 0 Å². The highest BCUT2D eigenvalue weighted by atomic mass is 16.2. The van der Waals surface area contributed by atoms with E-state index < -0.39 is 0 Å². The number of carbonyl (C=O) groups is 2. The summed E-state index contributed by atoms with van der Waals surface area (Å²) in [4.78, 5) is 26.2. The Morgan fingerprint density at radius 1 is 1.28 bits per heavy atom. The Hall–Kier alpha value is -2.63. The molecule has 25 heavy (non-hydrogen) atoms. The minimum absolute atomic E-state index is 0.0588. The van der Waals surface area contributed by atoms with Gasteiger partial charge in [-0.15, -0.1) is 0 Å². The molecule has 1 saturated heterocycles. The van der Waals surface area contributed by atoms with Crippen molar-refractivity contribution in [1.29, 1.82) is 0 Å². The number of anilines is 1. The molecule has 0 radical (unpaired) electrons. The molecule has 1 N–H and O–H groups in total. The second kappa shape index (κ2) is 7.51. The van der Waals surface area contributed by atoms with Crippen molar-refractivity contribution < 1.29 is 9.59 Å². The topological polar surface area (TPSA) is 67.2 Å². The smallest absolute Gasteiger partial charge is 0.230 e. The third-order valence-electron chi connectivity index (χ3n) is 4.25. The molecule has 0 aliphatic carbocycles. The summed E-state index contributed by atoms with van der Waals surface area (Å²) < 4.78 is 1.79. The van der Waals surface area contributed by atoms with Crippen LogP contribution in [0.15, 0.2) is 42.6 Å². The predicted molar refractivity (Wildman–Crippen MR) is 95.9 cm³/mol. The number of nitrogens with one attached hydrogen (secondary N) is 1. The van der Waals surface area contributed by atoms with Crippen molar-refractivity contribution in [2.75, 3.05) is 18.4 Å². The SMILES string of the molecule is CC(C)CN1C[C@@H](C(=O)Nc2ccn(Cc3ccccc3)n2)CC1=O. The van der Waals surface area contributed by atoms with Gasteiger partial charge in [0.1, 0.15) is 0 Å². The van der Waals surface area contributed by atoms with E-state index in [1.165, 1.54) is 0 Å². The van der Waals surface area contributed by atoms with E-state index in [0.717, 1.165) is 5.56 Å². The number of aromatic nitrogens is 2. The van der Waals surface area contributed by atoms with Crippen LogP contribution in [0.1, 0.15) is 25.8 Å². The second-order valence-corrected chi connectivity index (χ2v) is 6.97. The Morgan fingerprint density at radius 3 is 2.76 bits per heavy atom. The zero-order chi connectivity index (χ0) is 17.8. The van der Waals surface area contributed by atoms with Crippen molar-refractivity contribution in [3.8, 4) is 0 Å². The maximum Gasteiger partial charge on any atom is 0.230 e. The third-order valence-corrected chi connectivity index (χ3v) is 4.25. The van der Waals surface area contributed by atoms with Crippen molar-refractivity contribution in [1.82, 2.24) is 14.7 Å². The highest BCUT2D eigenvalue weighted by molar-refractivity contribution is 5.96. The zero-order valence-electron chi connectivity index (χ0n) is 14.7. The molecule has 1 aromatic heterocycles. The van der Waals surface area contributed by atoms with Gasteiger partial charge in [0.25, 0.3) is 0 Å². The van der Waals surface area contributed by atoms with Crippen LogP contribution in [0, 0.1) is 11.8 Å². The Kier molecular flexibility index (Phi) is 5.16. The first kappa shape index (κ1) is 17.2. The fourth-order valence-electron chi connectivity index (χ4n) is 3.08. The van der Waals surface area contributed by atoms with Gasteiger partial charge in [0, 0.05) is 31.8 Å². The summed E-state index contributed by atoms with van der Waals surface area (Å²) in [6, 6.07) is 11.8. The van der Waals surface area contributed by atoms with E-state index in [2.05, 4.69) is 24.3 Å². The van der Waals surface area contributed by atoms with Crippen LogP contribution in [-0.2, 0) is 16.1 Å². The highest BCUT2D eigenvalue weighted by Gasteiger charge is 2.34. The summed E-state index contributed by atoms with van der Waals surface area (Å²) in [6.07, 6.45) is 2.12. The molecule has 6 nitrogen and oxygen atoms in total. The van der Waals surface area contributed by atoms with E-state index in [4.69, 9.17) is 0 Å². The second-order valence-electron chi connectivity index (χ2n) is 6.97. The first-order valence-corrected chi connectivity index (χ1v) is 8.67. The summed E-state index contributed by atoms with van der Waals surface area (Å²) >= 11 is 0. The summed E-state index contributed by atoms with van der Waals surface area (Å²) in [5.41, 5.74) is 1.15. The van der Waals surface area contributed by atoms with Crippen LogP contribution in [0.2, 0.25) is 0 Å². The first-order chi connectivity index (χ1) is 12.0. The molecular weight excluding hydrogens is 316 g/mol. The minimum atomic E-state index is -0.300. The van der Waals surface area contributed by atoms with E-state index in [1.54, 1.807) is 15.6 Å². The van der Waals surface area contributed by atoms with Gasteiger partial charge in [0.05, 0.1) is 12.5 Å². The number of amides is 2. The number of carbonyl (C=O) groups excluding carboxylic acids is 2. The molecule has 1 fully saturated rings. The quantitative estimate of drug-likeness (QED) is 0.878. The van der Waals surface area contributed by atoms with Crippen molar-refractivity contribution >= 4 is 17.6 Å².